The van der Waals surface area contributed by atoms with Gasteiger partial charge in [0.1, 0.15) is 23.8 Å². The predicted octanol–water partition coefficient (Wildman–Crippen LogP) is 3.86. The fraction of sp³-hybridized carbons (Fsp3) is 0.350. The van der Waals surface area contributed by atoms with Crippen molar-refractivity contribution in [2.45, 2.75) is 26.3 Å². The number of aryl methyl sites for hydroxylation is 1. The summed E-state index contributed by atoms with van der Waals surface area (Å²) in [4.78, 5) is 14.8. The Morgan fingerprint density at radius 2 is 1.92 bits per heavy atom. The van der Waals surface area contributed by atoms with E-state index in [0.717, 1.165) is 48.5 Å². The number of carbonyl (C=O) groups excluding carboxylic acids is 1. The number of benzene rings is 1. The van der Waals surface area contributed by atoms with Gasteiger partial charge in [-0.3, -0.25) is 4.79 Å². The lowest BCUT2D eigenvalue weighted by Crippen LogP contribution is -2.30. The van der Waals surface area contributed by atoms with Gasteiger partial charge < -0.3 is 18.6 Å². The Balaban J connectivity index is 1.58. The average Bonchev–Trinajstić information content (AvgIpc) is 3.32. The molecule has 0 bridgehead atoms. The number of hydrogen-bond acceptors (Lipinski definition) is 3. The van der Waals surface area contributed by atoms with Crippen LogP contribution in [-0.2, 0) is 6.54 Å². The zero-order chi connectivity index (χ0) is 17.2. The fourth-order valence-electron chi connectivity index (χ4n) is 3.44. The highest BCUT2D eigenvalue weighted by Crippen LogP contribution is 2.25. The van der Waals surface area contributed by atoms with Gasteiger partial charge in [-0.15, -0.1) is 0 Å². The highest BCUT2D eigenvalue weighted by Gasteiger charge is 2.25. The first-order chi connectivity index (χ1) is 12.2. The molecule has 1 saturated heterocycles. The minimum Gasteiger partial charge on any atom is -0.492 e. The molecule has 3 heterocycles. The highest BCUT2D eigenvalue weighted by molar-refractivity contribution is 5.97. The van der Waals surface area contributed by atoms with Crippen LogP contribution >= 0.6 is 0 Å². The van der Waals surface area contributed by atoms with E-state index in [9.17, 15) is 4.79 Å². The van der Waals surface area contributed by atoms with Crippen molar-refractivity contribution in [2.24, 2.45) is 0 Å². The van der Waals surface area contributed by atoms with E-state index in [-0.39, 0.29) is 5.91 Å². The summed E-state index contributed by atoms with van der Waals surface area (Å²) >= 11 is 0. The lowest BCUT2D eigenvalue weighted by molar-refractivity contribution is 0.0781. The maximum Gasteiger partial charge on any atom is 0.270 e. The van der Waals surface area contributed by atoms with E-state index in [1.165, 1.54) is 0 Å². The van der Waals surface area contributed by atoms with Crippen molar-refractivity contribution in [1.29, 1.82) is 0 Å². The van der Waals surface area contributed by atoms with E-state index in [0.29, 0.717) is 18.8 Å². The lowest BCUT2D eigenvalue weighted by Gasteiger charge is -2.17. The van der Waals surface area contributed by atoms with Crippen molar-refractivity contribution in [2.75, 3.05) is 19.7 Å². The molecule has 130 valence electrons. The molecular weight excluding hydrogens is 316 g/mol. The van der Waals surface area contributed by atoms with Crippen LogP contribution in [0.4, 0.5) is 0 Å². The number of carbonyl (C=O) groups is 1. The summed E-state index contributed by atoms with van der Waals surface area (Å²) in [6, 6.07) is 13.6. The third kappa shape index (κ3) is 3.14. The second kappa shape index (κ2) is 6.67. The molecule has 0 atom stereocenters. The van der Waals surface area contributed by atoms with Crippen LogP contribution in [0.3, 0.4) is 0 Å². The second-order valence-electron chi connectivity index (χ2n) is 6.45. The van der Waals surface area contributed by atoms with Crippen molar-refractivity contribution in [3.05, 3.63) is 53.9 Å². The Morgan fingerprint density at radius 1 is 1.16 bits per heavy atom. The van der Waals surface area contributed by atoms with Crippen LogP contribution in [0, 0.1) is 6.92 Å². The predicted molar refractivity (Wildman–Crippen MR) is 96.0 cm³/mol. The molecule has 0 spiro atoms. The zero-order valence-corrected chi connectivity index (χ0v) is 14.4. The molecule has 1 aliphatic rings. The van der Waals surface area contributed by atoms with Crippen LogP contribution in [-0.4, -0.2) is 35.1 Å². The first-order valence-electron chi connectivity index (χ1n) is 8.79. The van der Waals surface area contributed by atoms with Crippen LogP contribution < -0.4 is 4.74 Å². The zero-order valence-electron chi connectivity index (χ0n) is 14.4. The number of para-hydroxylation sites is 1. The summed E-state index contributed by atoms with van der Waals surface area (Å²) in [7, 11) is 0. The minimum absolute atomic E-state index is 0.0845. The minimum atomic E-state index is 0.0845. The summed E-state index contributed by atoms with van der Waals surface area (Å²) in [5.41, 5.74) is 2.41. The Hall–Kier alpha value is -2.69. The Bertz CT molecular complexity index is 873. The maximum absolute atomic E-state index is 12.9. The quantitative estimate of drug-likeness (QED) is 0.710. The van der Waals surface area contributed by atoms with Gasteiger partial charge in [0.2, 0.25) is 0 Å². The van der Waals surface area contributed by atoms with Gasteiger partial charge in [0.15, 0.2) is 5.58 Å². The number of aromatic nitrogens is 1. The molecule has 0 unspecified atom stereocenters. The van der Waals surface area contributed by atoms with Gasteiger partial charge in [-0.2, -0.15) is 0 Å². The molecule has 1 amide bonds. The number of rotatable bonds is 5. The molecule has 4 rings (SSSR count). The van der Waals surface area contributed by atoms with E-state index in [4.69, 9.17) is 9.15 Å². The summed E-state index contributed by atoms with van der Waals surface area (Å²) in [6.07, 6.45) is 2.16. The summed E-state index contributed by atoms with van der Waals surface area (Å²) in [5.74, 6) is 1.77. The van der Waals surface area contributed by atoms with Crippen LogP contribution in [0.15, 0.2) is 46.9 Å². The van der Waals surface area contributed by atoms with Crippen molar-refractivity contribution in [3.8, 4) is 5.75 Å². The van der Waals surface area contributed by atoms with Crippen molar-refractivity contribution in [3.63, 3.8) is 0 Å². The Morgan fingerprint density at radius 3 is 2.68 bits per heavy atom. The van der Waals surface area contributed by atoms with Gasteiger partial charge in [0, 0.05) is 25.2 Å². The van der Waals surface area contributed by atoms with Gasteiger partial charge in [-0.05, 0) is 31.9 Å². The largest absolute Gasteiger partial charge is 0.492 e. The number of fused-ring (bicyclic) bond motifs is 1. The standard InChI is InChI=1S/C20H22N2O3/c1-15-13-17-19(25-15)14-18(20(23)21-9-5-6-10-21)22(17)11-12-24-16-7-3-2-4-8-16/h2-4,7-8,13-14H,5-6,9-12H2,1H3. The van der Waals surface area contributed by atoms with Crippen LogP contribution in [0.5, 0.6) is 5.75 Å². The van der Waals surface area contributed by atoms with Gasteiger partial charge in [-0.1, -0.05) is 18.2 Å². The van der Waals surface area contributed by atoms with Crippen LogP contribution in [0.2, 0.25) is 0 Å². The maximum atomic E-state index is 12.9. The normalized spacial score (nSPS) is 14.4. The molecule has 5 nitrogen and oxygen atoms in total. The smallest absolute Gasteiger partial charge is 0.270 e. The number of ether oxygens (including phenoxy) is 1. The summed E-state index contributed by atoms with van der Waals surface area (Å²) in [5, 5.41) is 0. The molecule has 2 aromatic heterocycles. The molecule has 0 saturated carbocycles. The third-order valence-corrected chi connectivity index (χ3v) is 4.65. The second-order valence-corrected chi connectivity index (χ2v) is 6.45. The Labute approximate surface area is 146 Å². The van der Waals surface area contributed by atoms with E-state index in [2.05, 4.69) is 0 Å². The van der Waals surface area contributed by atoms with Gasteiger partial charge in [0.25, 0.3) is 5.91 Å². The molecule has 0 N–H and O–H groups in total. The number of likely N-dealkylation sites (tertiary alicyclic amines) is 1. The monoisotopic (exact) mass is 338 g/mol. The first kappa shape index (κ1) is 15.8. The molecule has 25 heavy (non-hydrogen) atoms. The third-order valence-electron chi connectivity index (χ3n) is 4.65. The summed E-state index contributed by atoms with van der Waals surface area (Å²) in [6.45, 7) is 4.70. The van der Waals surface area contributed by atoms with Crippen molar-refractivity contribution < 1.29 is 13.9 Å². The van der Waals surface area contributed by atoms with E-state index >= 15 is 0 Å². The molecule has 0 aliphatic carbocycles. The number of hydrogen-bond donors (Lipinski definition) is 0. The Kier molecular flexibility index (Phi) is 4.22. The van der Waals surface area contributed by atoms with Gasteiger partial charge in [0.05, 0.1) is 12.1 Å². The molecule has 5 heteroatoms. The molecule has 3 aromatic rings. The fourth-order valence-corrected chi connectivity index (χ4v) is 3.44. The molecule has 1 fully saturated rings. The van der Waals surface area contributed by atoms with E-state index in [1.54, 1.807) is 0 Å². The SMILES string of the molecule is Cc1cc2c(cc(C(=O)N3CCCC3)n2CCOc2ccccc2)o1. The average molecular weight is 338 g/mol. The van der Waals surface area contributed by atoms with Gasteiger partial charge in [-0.25, -0.2) is 0 Å². The lowest BCUT2D eigenvalue weighted by atomic mass is 10.3. The number of furan rings is 1. The molecule has 1 aromatic carbocycles. The number of amides is 1. The van der Waals surface area contributed by atoms with E-state index < -0.39 is 0 Å². The molecular formula is C20H22N2O3. The molecule has 0 radical (unpaired) electrons. The first-order valence-corrected chi connectivity index (χ1v) is 8.79. The number of nitrogens with zero attached hydrogens (tertiary/aromatic N) is 2. The van der Waals surface area contributed by atoms with Crippen LogP contribution in [0.25, 0.3) is 11.1 Å². The molecule has 1 aliphatic heterocycles. The van der Waals surface area contributed by atoms with Crippen LogP contribution in [0.1, 0.15) is 29.1 Å². The topological polar surface area (TPSA) is 47.6 Å². The summed E-state index contributed by atoms with van der Waals surface area (Å²) < 4.78 is 13.6. The van der Waals surface area contributed by atoms with Gasteiger partial charge >= 0.3 is 0 Å². The highest BCUT2D eigenvalue weighted by atomic mass is 16.5. The van der Waals surface area contributed by atoms with Crippen molar-refractivity contribution in [1.82, 2.24) is 9.47 Å². The van der Waals surface area contributed by atoms with Crippen molar-refractivity contribution >= 4 is 17.0 Å². The van der Waals surface area contributed by atoms with E-state index in [1.807, 2.05) is 58.9 Å².